The highest BCUT2D eigenvalue weighted by atomic mass is 16.5. The monoisotopic (exact) mass is 339 g/mol. The van der Waals surface area contributed by atoms with Gasteiger partial charge >= 0.3 is 0 Å². The molecule has 0 aliphatic carbocycles. The van der Waals surface area contributed by atoms with E-state index in [0.29, 0.717) is 19.1 Å². The van der Waals surface area contributed by atoms with E-state index in [1.54, 1.807) is 19.5 Å². The van der Waals surface area contributed by atoms with Crippen LogP contribution in [0, 0.1) is 0 Å². The summed E-state index contributed by atoms with van der Waals surface area (Å²) in [5.41, 5.74) is 2.22. The average Bonchev–Trinajstić information content (AvgIpc) is 3.08. The molecular formula is C20H25N3O2. The Morgan fingerprint density at radius 2 is 2.20 bits per heavy atom. The van der Waals surface area contributed by atoms with E-state index in [4.69, 9.17) is 4.74 Å². The first-order chi connectivity index (χ1) is 12.3. The Morgan fingerprint density at radius 1 is 1.32 bits per heavy atom. The highest BCUT2D eigenvalue weighted by Crippen LogP contribution is 2.25. The molecule has 25 heavy (non-hydrogen) atoms. The number of amides is 1. The quantitative estimate of drug-likeness (QED) is 0.842. The predicted octanol–water partition coefficient (Wildman–Crippen LogP) is 2.41. The van der Waals surface area contributed by atoms with Crippen LogP contribution in [-0.2, 0) is 17.8 Å². The van der Waals surface area contributed by atoms with Crippen LogP contribution in [0.1, 0.15) is 24.0 Å². The summed E-state index contributed by atoms with van der Waals surface area (Å²) in [4.78, 5) is 18.6. The third-order valence-corrected chi connectivity index (χ3v) is 4.71. The van der Waals surface area contributed by atoms with Gasteiger partial charge in [0.15, 0.2) is 0 Å². The number of ether oxygens (including phenoxy) is 1. The number of hydrogen-bond acceptors (Lipinski definition) is 4. The zero-order valence-electron chi connectivity index (χ0n) is 14.6. The smallest absolute Gasteiger partial charge is 0.234 e. The fourth-order valence-electron chi connectivity index (χ4n) is 3.40. The summed E-state index contributed by atoms with van der Waals surface area (Å²) in [6.07, 6.45) is 6.68. The summed E-state index contributed by atoms with van der Waals surface area (Å²) >= 11 is 0. The topological polar surface area (TPSA) is 54.5 Å². The standard InChI is InChI=1S/C20H25N3O2/c1-25-19-9-3-2-7-17(19)12-18-8-5-11-23(18)15-20(24)22-14-16-6-4-10-21-13-16/h2-4,6-7,9-10,13,18H,5,8,11-12,14-15H2,1H3,(H,22,24). The second-order valence-corrected chi connectivity index (χ2v) is 6.42. The number of rotatable bonds is 7. The Hall–Kier alpha value is -2.40. The highest BCUT2D eigenvalue weighted by Gasteiger charge is 2.27. The van der Waals surface area contributed by atoms with Crippen molar-refractivity contribution in [2.75, 3.05) is 20.2 Å². The second-order valence-electron chi connectivity index (χ2n) is 6.42. The number of benzene rings is 1. The van der Waals surface area contributed by atoms with Gasteiger partial charge in [0, 0.05) is 25.0 Å². The summed E-state index contributed by atoms with van der Waals surface area (Å²) in [5, 5.41) is 2.99. The molecule has 1 aliphatic rings. The molecule has 0 radical (unpaired) electrons. The van der Waals surface area contributed by atoms with Crippen molar-refractivity contribution in [3.63, 3.8) is 0 Å². The molecule has 132 valence electrons. The van der Waals surface area contributed by atoms with Gasteiger partial charge in [0.2, 0.25) is 5.91 Å². The molecule has 0 spiro atoms. The van der Waals surface area contributed by atoms with Crippen LogP contribution < -0.4 is 10.1 Å². The van der Waals surface area contributed by atoms with Gasteiger partial charge in [-0.25, -0.2) is 0 Å². The minimum atomic E-state index is 0.0655. The molecule has 1 atom stereocenters. The van der Waals surface area contributed by atoms with Crippen molar-refractivity contribution in [3.05, 3.63) is 59.9 Å². The lowest BCUT2D eigenvalue weighted by molar-refractivity contribution is -0.122. The van der Waals surface area contributed by atoms with Gasteiger partial charge in [-0.3, -0.25) is 14.7 Å². The summed E-state index contributed by atoms with van der Waals surface area (Å²) < 4.78 is 5.46. The van der Waals surface area contributed by atoms with Gasteiger partial charge < -0.3 is 10.1 Å². The Kier molecular flexibility index (Phi) is 6.01. The lowest BCUT2D eigenvalue weighted by atomic mass is 10.0. The van der Waals surface area contributed by atoms with E-state index in [2.05, 4.69) is 21.3 Å². The number of hydrogen-bond donors (Lipinski definition) is 1. The summed E-state index contributed by atoms with van der Waals surface area (Å²) in [6, 6.07) is 12.4. The predicted molar refractivity (Wildman–Crippen MR) is 97.4 cm³/mol. The van der Waals surface area contributed by atoms with Gasteiger partial charge in [0.1, 0.15) is 5.75 Å². The molecule has 1 aliphatic heterocycles. The van der Waals surface area contributed by atoms with E-state index >= 15 is 0 Å². The lowest BCUT2D eigenvalue weighted by Gasteiger charge is -2.24. The molecule has 0 saturated carbocycles. The van der Waals surface area contributed by atoms with E-state index in [1.165, 1.54) is 5.56 Å². The van der Waals surface area contributed by atoms with Crippen molar-refractivity contribution < 1.29 is 9.53 Å². The van der Waals surface area contributed by atoms with Gasteiger partial charge in [-0.05, 0) is 49.1 Å². The fourth-order valence-corrected chi connectivity index (χ4v) is 3.40. The van der Waals surface area contributed by atoms with Crippen molar-refractivity contribution in [1.29, 1.82) is 0 Å². The molecule has 3 rings (SSSR count). The fraction of sp³-hybridized carbons (Fsp3) is 0.400. The molecular weight excluding hydrogens is 314 g/mol. The second kappa shape index (κ2) is 8.62. The first-order valence-electron chi connectivity index (χ1n) is 8.78. The van der Waals surface area contributed by atoms with E-state index in [1.807, 2.05) is 30.3 Å². The Labute approximate surface area is 149 Å². The van der Waals surface area contributed by atoms with Crippen molar-refractivity contribution >= 4 is 5.91 Å². The number of likely N-dealkylation sites (tertiary alicyclic amines) is 1. The number of pyridine rings is 1. The zero-order chi connectivity index (χ0) is 17.5. The first kappa shape index (κ1) is 17.4. The van der Waals surface area contributed by atoms with Crippen LogP contribution in [0.15, 0.2) is 48.8 Å². The van der Waals surface area contributed by atoms with Crippen molar-refractivity contribution in [2.45, 2.75) is 31.8 Å². The minimum Gasteiger partial charge on any atom is -0.496 e. The van der Waals surface area contributed by atoms with Crippen LogP contribution >= 0.6 is 0 Å². The van der Waals surface area contributed by atoms with Crippen LogP contribution in [0.4, 0.5) is 0 Å². The molecule has 1 fully saturated rings. The summed E-state index contributed by atoms with van der Waals surface area (Å²) in [5.74, 6) is 0.992. The lowest BCUT2D eigenvalue weighted by Crippen LogP contribution is -2.40. The summed E-state index contributed by atoms with van der Waals surface area (Å²) in [6.45, 7) is 1.94. The normalized spacial score (nSPS) is 17.4. The molecule has 1 N–H and O–H groups in total. The molecule has 1 aromatic heterocycles. The number of carbonyl (C=O) groups excluding carboxylic acids is 1. The number of nitrogens with zero attached hydrogens (tertiary/aromatic N) is 2. The molecule has 5 heteroatoms. The Bertz CT molecular complexity index is 690. The number of para-hydroxylation sites is 1. The minimum absolute atomic E-state index is 0.0655. The van der Waals surface area contributed by atoms with Gasteiger partial charge in [-0.1, -0.05) is 24.3 Å². The number of methoxy groups -OCH3 is 1. The largest absolute Gasteiger partial charge is 0.496 e. The SMILES string of the molecule is COc1ccccc1CC1CCCN1CC(=O)NCc1cccnc1. The van der Waals surface area contributed by atoms with Crippen molar-refractivity contribution in [3.8, 4) is 5.75 Å². The molecule has 1 aromatic carbocycles. The number of nitrogens with one attached hydrogen (secondary N) is 1. The van der Waals surface area contributed by atoms with Crippen LogP contribution in [0.5, 0.6) is 5.75 Å². The molecule has 1 unspecified atom stereocenters. The molecule has 1 amide bonds. The number of aromatic nitrogens is 1. The van der Waals surface area contributed by atoms with Gasteiger partial charge in [0.05, 0.1) is 13.7 Å². The third kappa shape index (κ3) is 4.79. The molecule has 2 heterocycles. The van der Waals surface area contributed by atoms with E-state index < -0.39 is 0 Å². The molecule has 5 nitrogen and oxygen atoms in total. The van der Waals surface area contributed by atoms with E-state index in [0.717, 1.165) is 37.1 Å². The van der Waals surface area contributed by atoms with Crippen LogP contribution in [-0.4, -0.2) is 42.0 Å². The van der Waals surface area contributed by atoms with E-state index in [-0.39, 0.29) is 5.91 Å². The van der Waals surface area contributed by atoms with E-state index in [9.17, 15) is 4.79 Å². The highest BCUT2D eigenvalue weighted by molar-refractivity contribution is 5.78. The van der Waals surface area contributed by atoms with Crippen molar-refractivity contribution in [2.24, 2.45) is 0 Å². The third-order valence-electron chi connectivity index (χ3n) is 4.71. The van der Waals surface area contributed by atoms with Crippen LogP contribution in [0.3, 0.4) is 0 Å². The summed E-state index contributed by atoms with van der Waals surface area (Å²) in [7, 11) is 1.71. The van der Waals surface area contributed by atoms with Gasteiger partial charge in [-0.15, -0.1) is 0 Å². The van der Waals surface area contributed by atoms with Gasteiger partial charge in [0.25, 0.3) is 0 Å². The van der Waals surface area contributed by atoms with Crippen LogP contribution in [0.25, 0.3) is 0 Å². The zero-order valence-corrected chi connectivity index (χ0v) is 14.6. The van der Waals surface area contributed by atoms with Crippen LogP contribution in [0.2, 0.25) is 0 Å². The Balaban J connectivity index is 1.53. The average molecular weight is 339 g/mol. The maximum Gasteiger partial charge on any atom is 0.234 e. The first-order valence-corrected chi connectivity index (χ1v) is 8.78. The molecule has 0 bridgehead atoms. The number of carbonyl (C=O) groups is 1. The maximum atomic E-state index is 12.3. The van der Waals surface area contributed by atoms with Crippen molar-refractivity contribution in [1.82, 2.24) is 15.2 Å². The molecule has 1 saturated heterocycles. The maximum absolute atomic E-state index is 12.3. The Morgan fingerprint density at radius 3 is 3.00 bits per heavy atom. The molecule has 2 aromatic rings. The van der Waals surface area contributed by atoms with Gasteiger partial charge in [-0.2, -0.15) is 0 Å².